The van der Waals surface area contributed by atoms with Crippen LogP contribution in [0.15, 0.2) is 29.0 Å². The minimum absolute atomic E-state index is 0.0620. The van der Waals surface area contributed by atoms with Crippen LogP contribution in [0.2, 0.25) is 0 Å². The predicted molar refractivity (Wildman–Crippen MR) is 96.1 cm³/mol. The Morgan fingerprint density at radius 3 is 2.96 bits per heavy atom. The van der Waals surface area contributed by atoms with E-state index in [-0.39, 0.29) is 24.3 Å². The molecule has 2 aromatic rings. The molecule has 1 N–H and O–H groups in total. The Bertz CT molecular complexity index is 751. The number of aromatic nitrogens is 2. The summed E-state index contributed by atoms with van der Waals surface area (Å²) in [4.78, 5) is 31.0. The Morgan fingerprint density at radius 1 is 1.38 bits per heavy atom. The molecular formula is C19H26N4O3. The highest BCUT2D eigenvalue weighted by atomic mass is 16.3. The van der Waals surface area contributed by atoms with Crippen LogP contribution >= 0.6 is 0 Å². The van der Waals surface area contributed by atoms with E-state index in [1.807, 2.05) is 24.1 Å². The van der Waals surface area contributed by atoms with E-state index < -0.39 is 0 Å². The molecule has 2 aromatic heterocycles. The van der Waals surface area contributed by atoms with Crippen molar-refractivity contribution in [2.24, 2.45) is 0 Å². The van der Waals surface area contributed by atoms with Crippen molar-refractivity contribution < 1.29 is 14.0 Å². The van der Waals surface area contributed by atoms with Crippen molar-refractivity contribution in [2.45, 2.75) is 58.7 Å². The lowest BCUT2D eigenvalue weighted by Crippen LogP contribution is -2.41. The van der Waals surface area contributed by atoms with E-state index in [1.165, 1.54) is 0 Å². The van der Waals surface area contributed by atoms with Gasteiger partial charge in [-0.25, -0.2) is 4.98 Å². The van der Waals surface area contributed by atoms with E-state index in [2.05, 4.69) is 21.8 Å². The van der Waals surface area contributed by atoms with E-state index in [0.717, 1.165) is 36.7 Å². The Morgan fingerprint density at radius 2 is 2.23 bits per heavy atom. The molecule has 140 valence electrons. The Kier molecular flexibility index (Phi) is 5.75. The van der Waals surface area contributed by atoms with Crippen LogP contribution in [0.1, 0.15) is 56.4 Å². The summed E-state index contributed by atoms with van der Waals surface area (Å²) in [6.45, 7) is 5.87. The van der Waals surface area contributed by atoms with Crippen molar-refractivity contribution in [3.8, 4) is 0 Å². The average Bonchev–Trinajstić information content (AvgIpc) is 3.28. The van der Waals surface area contributed by atoms with Gasteiger partial charge in [-0.3, -0.25) is 9.59 Å². The number of amides is 2. The standard InChI is InChI=1S/C19H26N4O3/c1-3-4-7-18(25)23-9-8-22-13-15(21-19(22)14(23)2)11-17(24)20-12-16-6-5-10-26-16/h5-6,10,13-14H,3-4,7-9,11-12H2,1-2H3,(H,20,24)/t14-/m0/s1. The number of nitrogens with zero attached hydrogens (tertiary/aromatic N) is 3. The maximum atomic E-state index is 12.4. The van der Waals surface area contributed by atoms with Crippen molar-refractivity contribution >= 4 is 11.8 Å². The Balaban J connectivity index is 1.59. The van der Waals surface area contributed by atoms with Crippen LogP contribution in [-0.4, -0.2) is 32.8 Å². The molecule has 0 fully saturated rings. The second kappa shape index (κ2) is 8.21. The van der Waals surface area contributed by atoms with Crippen LogP contribution in [0.25, 0.3) is 0 Å². The van der Waals surface area contributed by atoms with Crippen LogP contribution < -0.4 is 5.32 Å². The van der Waals surface area contributed by atoms with Crippen LogP contribution in [-0.2, 0) is 29.1 Å². The van der Waals surface area contributed by atoms with Crippen LogP contribution in [0, 0.1) is 0 Å². The molecular weight excluding hydrogens is 332 g/mol. The molecule has 0 bridgehead atoms. The molecule has 7 heteroatoms. The maximum Gasteiger partial charge on any atom is 0.226 e. The third-order valence-electron chi connectivity index (χ3n) is 4.73. The van der Waals surface area contributed by atoms with Crippen LogP contribution in [0.5, 0.6) is 0 Å². The third-order valence-corrected chi connectivity index (χ3v) is 4.73. The quantitative estimate of drug-likeness (QED) is 0.824. The van der Waals surface area contributed by atoms with Gasteiger partial charge in [0.1, 0.15) is 11.6 Å². The lowest BCUT2D eigenvalue weighted by atomic mass is 10.1. The van der Waals surface area contributed by atoms with Gasteiger partial charge in [-0.1, -0.05) is 13.3 Å². The molecule has 0 radical (unpaired) electrons. The first-order chi connectivity index (χ1) is 12.6. The molecule has 0 saturated heterocycles. The van der Waals surface area contributed by atoms with Crippen molar-refractivity contribution in [1.29, 1.82) is 0 Å². The topological polar surface area (TPSA) is 80.4 Å². The van der Waals surface area contributed by atoms with Crippen molar-refractivity contribution in [1.82, 2.24) is 19.8 Å². The van der Waals surface area contributed by atoms with Crippen molar-refractivity contribution in [3.63, 3.8) is 0 Å². The highest BCUT2D eigenvalue weighted by Crippen LogP contribution is 2.25. The molecule has 0 aliphatic carbocycles. The number of hydrogen-bond donors (Lipinski definition) is 1. The number of hydrogen-bond acceptors (Lipinski definition) is 4. The van der Waals surface area contributed by atoms with Crippen LogP contribution in [0.3, 0.4) is 0 Å². The Hall–Kier alpha value is -2.57. The minimum atomic E-state index is -0.0969. The number of carbonyl (C=O) groups excluding carboxylic acids is 2. The molecule has 1 aliphatic rings. The summed E-state index contributed by atoms with van der Waals surface area (Å²) in [6.07, 6.45) is 6.24. The molecule has 3 rings (SSSR count). The number of furan rings is 1. The summed E-state index contributed by atoms with van der Waals surface area (Å²) < 4.78 is 7.26. The maximum absolute atomic E-state index is 12.4. The zero-order chi connectivity index (χ0) is 18.5. The van der Waals surface area contributed by atoms with Gasteiger partial charge in [0.25, 0.3) is 0 Å². The fourth-order valence-corrected chi connectivity index (χ4v) is 3.27. The van der Waals surface area contributed by atoms with Gasteiger partial charge in [-0.15, -0.1) is 0 Å². The first-order valence-corrected chi connectivity index (χ1v) is 9.23. The first-order valence-electron chi connectivity index (χ1n) is 9.23. The van der Waals surface area contributed by atoms with Gasteiger partial charge in [0.05, 0.1) is 31.0 Å². The Labute approximate surface area is 153 Å². The number of fused-ring (bicyclic) bond motifs is 1. The summed E-state index contributed by atoms with van der Waals surface area (Å²) in [6, 6.07) is 3.55. The van der Waals surface area contributed by atoms with Gasteiger partial charge in [0.2, 0.25) is 11.8 Å². The van der Waals surface area contributed by atoms with Crippen molar-refractivity contribution in [2.75, 3.05) is 6.54 Å². The van der Waals surface area contributed by atoms with Gasteiger partial charge in [0.15, 0.2) is 0 Å². The monoisotopic (exact) mass is 358 g/mol. The summed E-state index contributed by atoms with van der Waals surface area (Å²) >= 11 is 0. The zero-order valence-corrected chi connectivity index (χ0v) is 15.4. The molecule has 3 heterocycles. The average molecular weight is 358 g/mol. The molecule has 1 atom stereocenters. The van der Waals surface area contributed by atoms with E-state index in [1.54, 1.807) is 12.3 Å². The van der Waals surface area contributed by atoms with Gasteiger partial charge in [0, 0.05) is 25.7 Å². The summed E-state index contributed by atoms with van der Waals surface area (Å²) in [7, 11) is 0. The molecule has 0 spiro atoms. The lowest BCUT2D eigenvalue weighted by Gasteiger charge is -2.33. The number of unbranched alkanes of at least 4 members (excludes halogenated alkanes) is 1. The van der Waals surface area contributed by atoms with Gasteiger partial charge in [-0.2, -0.15) is 0 Å². The SMILES string of the molecule is CCCCC(=O)N1CCn2cc(CC(=O)NCc3ccco3)nc2[C@@H]1C. The number of carbonyl (C=O) groups is 2. The molecule has 1 aliphatic heterocycles. The number of nitrogens with one attached hydrogen (secondary N) is 1. The number of rotatable bonds is 7. The van der Waals surface area contributed by atoms with Gasteiger partial charge in [-0.05, 0) is 25.5 Å². The number of imidazole rings is 1. The molecule has 2 amide bonds. The highest BCUT2D eigenvalue weighted by Gasteiger charge is 2.29. The summed E-state index contributed by atoms with van der Waals surface area (Å²) in [5.41, 5.74) is 0.728. The zero-order valence-electron chi connectivity index (χ0n) is 15.4. The second-order valence-corrected chi connectivity index (χ2v) is 6.68. The third kappa shape index (κ3) is 4.15. The summed E-state index contributed by atoms with van der Waals surface area (Å²) in [5, 5.41) is 2.83. The normalized spacial score (nSPS) is 16.4. The van der Waals surface area contributed by atoms with Crippen LogP contribution in [0.4, 0.5) is 0 Å². The fourth-order valence-electron chi connectivity index (χ4n) is 3.27. The minimum Gasteiger partial charge on any atom is -0.467 e. The molecule has 26 heavy (non-hydrogen) atoms. The molecule has 0 aromatic carbocycles. The van der Waals surface area contributed by atoms with E-state index in [9.17, 15) is 9.59 Å². The largest absolute Gasteiger partial charge is 0.467 e. The van der Waals surface area contributed by atoms with E-state index in [0.29, 0.717) is 19.5 Å². The smallest absolute Gasteiger partial charge is 0.226 e. The van der Waals surface area contributed by atoms with Gasteiger partial charge >= 0.3 is 0 Å². The summed E-state index contributed by atoms with van der Waals surface area (Å²) in [5.74, 6) is 1.67. The van der Waals surface area contributed by atoms with Crippen molar-refractivity contribution in [3.05, 3.63) is 41.9 Å². The van der Waals surface area contributed by atoms with E-state index >= 15 is 0 Å². The van der Waals surface area contributed by atoms with Gasteiger partial charge < -0.3 is 19.2 Å². The van der Waals surface area contributed by atoms with E-state index in [4.69, 9.17) is 4.42 Å². The second-order valence-electron chi connectivity index (χ2n) is 6.68. The first kappa shape index (κ1) is 18.2. The lowest BCUT2D eigenvalue weighted by molar-refractivity contribution is -0.134. The fraction of sp³-hybridized carbons (Fsp3) is 0.526. The molecule has 0 unspecified atom stereocenters. The predicted octanol–water partition coefficient (Wildman–Crippen LogP) is 2.43. The molecule has 0 saturated carbocycles. The molecule has 7 nitrogen and oxygen atoms in total. The highest BCUT2D eigenvalue weighted by molar-refractivity contribution is 5.78.